The second-order valence-electron chi connectivity index (χ2n) is 3.23. The Morgan fingerprint density at radius 1 is 1.71 bits per heavy atom. The molecule has 0 aliphatic rings. The molecule has 0 aliphatic carbocycles. The van der Waals surface area contributed by atoms with Gasteiger partial charge in [-0.2, -0.15) is 0 Å². The zero-order valence-corrected chi connectivity index (χ0v) is 8.19. The zero-order chi connectivity index (χ0) is 10.4. The van der Waals surface area contributed by atoms with Crippen molar-refractivity contribution in [2.24, 2.45) is 0 Å². The average Bonchev–Trinajstić information content (AvgIpc) is 2.63. The number of carbonyl (C=O) groups is 1. The number of aryl methyl sites for hydroxylation is 1. The summed E-state index contributed by atoms with van der Waals surface area (Å²) in [7, 11) is 0. The SMILES string of the molecule is CC(O)CNC(=O)CCc1ccco1. The summed E-state index contributed by atoms with van der Waals surface area (Å²) >= 11 is 0. The standard InChI is InChI=1S/C10H15NO3/c1-8(12)7-11-10(13)5-4-9-3-2-6-14-9/h2-3,6,8,12H,4-5,7H2,1H3,(H,11,13). The minimum atomic E-state index is -0.498. The van der Waals surface area contributed by atoms with E-state index in [1.165, 1.54) is 0 Å². The lowest BCUT2D eigenvalue weighted by Gasteiger charge is -2.05. The molecule has 0 spiro atoms. The van der Waals surface area contributed by atoms with Crippen LogP contribution in [-0.4, -0.2) is 23.7 Å². The lowest BCUT2D eigenvalue weighted by Crippen LogP contribution is -2.30. The number of hydrogen-bond acceptors (Lipinski definition) is 3. The van der Waals surface area contributed by atoms with E-state index in [1.807, 2.05) is 6.07 Å². The Bertz CT molecular complexity index is 267. The molecule has 1 aromatic heterocycles. The number of hydrogen-bond donors (Lipinski definition) is 2. The third-order valence-electron chi connectivity index (χ3n) is 1.77. The van der Waals surface area contributed by atoms with Crippen LogP contribution in [0.4, 0.5) is 0 Å². The van der Waals surface area contributed by atoms with Gasteiger partial charge >= 0.3 is 0 Å². The molecule has 1 unspecified atom stereocenters. The topological polar surface area (TPSA) is 62.5 Å². The molecular formula is C10H15NO3. The fraction of sp³-hybridized carbons (Fsp3) is 0.500. The van der Waals surface area contributed by atoms with Crippen molar-refractivity contribution >= 4 is 5.91 Å². The predicted octanol–water partition coefficient (Wildman–Crippen LogP) is 0.709. The maximum absolute atomic E-state index is 11.2. The molecule has 1 aromatic rings. The van der Waals surface area contributed by atoms with Gasteiger partial charge in [-0.15, -0.1) is 0 Å². The molecule has 78 valence electrons. The first-order valence-corrected chi connectivity index (χ1v) is 4.65. The molecule has 1 rings (SSSR count). The van der Waals surface area contributed by atoms with Crippen molar-refractivity contribution in [2.75, 3.05) is 6.54 Å². The number of furan rings is 1. The first-order valence-electron chi connectivity index (χ1n) is 4.65. The van der Waals surface area contributed by atoms with Crippen molar-refractivity contribution in [1.29, 1.82) is 0 Å². The van der Waals surface area contributed by atoms with E-state index in [4.69, 9.17) is 9.52 Å². The molecule has 2 N–H and O–H groups in total. The lowest BCUT2D eigenvalue weighted by atomic mass is 10.2. The van der Waals surface area contributed by atoms with Crippen molar-refractivity contribution in [2.45, 2.75) is 25.9 Å². The van der Waals surface area contributed by atoms with Crippen LogP contribution in [-0.2, 0) is 11.2 Å². The number of aliphatic hydroxyl groups excluding tert-OH is 1. The number of nitrogens with one attached hydrogen (secondary N) is 1. The molecule has 0 fully saturated rings. The minimum absolute atomic E-state index is 0.0673. The van der Waals surface area contributed by atoms with Crippen molar-refractivity contribution in [1.82, 2.24) is 5.32 Å². The Kier molecular flexibility index (Phi) is 4.19. The van der Waals surface area contributed by atoms with E-state index in [2.05, 4.69) is 5.32 Å². The second kappa shape index (κ2) is 5.44. The van der Waals surface area contributed by atoms with Gasteiger partial charge in [-0.3, -0.25) is 4.79 Å². The molecule has 1 heterocycles. The largest absolute Gasteiger partial charge is 0.469 e. The van der Waals surface area contributed by atoms with E-state index in [9.17, 15) is 4.79 Å². The summed E-state index contributed by atoms with van der Waals surface area (Å²) in [5.41, 5.74) is 0. The lowest BCUT2D eigenvalue weighted by molar-refractivity contribution is -0.121. The summed E-state index contributed by atoms with van der Waals surface area (Å²) in [6.07, 6.45) is 2.07. The van der Waals surface area contributed by atoms with Gasteiger partial charge in [0.2, 0.25) is 5.91 Å². The van der Waals surface area contributed by atoms with Crippen LogP contribution in [0.1, 0.15) is 19.1 Å². The van der Waals surface area contributed by atoms with Crippen LogP contribution in [0.5, 0.6) is 0 Å². The Morgan fingerprint density at radius 2 is 2.50 bits per heavy atom. The monoisotopic (exact) mass is 197 g/mol. The molecule has 4 heteroatoms. The molecule has 14 heavy (non-hydrogen) atoms. The van der Waals surface area contributed by atoms with Crippen LogP contribution in [0.25, 0.3) is 0 Å². The van der Waals surface area contributed by atoms with Gasteiger partial charge < -0.3 is 14.8 Å². The average molecular weight is 197 g/mol. The Hall–Kier alpha value is -1.29. The molecule has 4 nitrogen and oxygen atoms in total. The fourth-order valence-electron chi connectivity index (χ4n) is 1.04. The minimum Gasteiger partial charge on any atom is -0.469 e. The second-order valence-corrected chi connectivity index (χ2v) is 3.23. The van der Waals surface area contributed by atoms with E-state index in [0.29, 0.717) is 19.4 Å². The molecular weight excluding hydrogens is 182 g/mol. The van der Waals surface area contributed by atoms with Crippen molar-refractivity contribution in [3.63, 3.8) is 0 Å². The summed E-state index contributed by atoms with van der Waals surface area (Å²) in [4.78, 5) is 11.2. The van der Waals surface area contributed by atoms with Crippen LogP contribution >= 0.6 is 0 Å². The van der Waals surface area contributed by atoms with Gasteiger partial charge in [0.15, 0.2) is 0 Å². The Morgan fingerprint density at radius 3 is 3.07 bits per heavy atom. The molecule has 0 saturated carbocycles. The molecule has 1 atom stereocenters. The van der Waals surface area contributed by atoms with Crippen molar-refractivity contribution < 1.29 is 14.3 Å². The van der Waals surface area contributed by atoms with E-state index in [1.54, 1.807) is 19.3 Å². The van der Waals surface area contributed by atoms with E-state index in [-0.39, 0.29) is 5.91 Å². The van der Waals surface area contributed by atoms with E-state index in [0.717, 1.165) is 5.76 Å². The Balaban J connectivity index is 2.15. The van der Waals surface area contributed by atoms with Gasteiger partial charge in [0.25, 0.3) is 0 Å². The number of carbonyl (C=O) groups excluding carboxylic acids is 1. The Labute approximate surface area is 82.9 Å². The van der Waals surface area contributed by atoms with Crippen LogP contribution in [0.2, 0.25) is 0 Å². The summed E-state index contributed by atoms with van der Waals surface area (Å²) in [6, 6.07) is 3.63. The quantitative estimate of drug-likeness (QED) is 0.730. The number of amides is 1. The van der Waals surface area contributed by atoms with Crippen molar-refractivity contribution in [3.05, 3.63) is 24.2 Å². The van der Waals surface area contributed by atoms with Gasteiger partial charge in [0.1, 0.15) is 5.76 Å². The third-order valence-corrected chi connectivity index (χ3v) is 1.77. The van der Waals surface area contributed by atoms with E-state index < -0.39 is 6.10 Å². The van der Waals surface area contributed by atoms with Gasteiger partial charge in [-0.25, -0.2) is 0 Å². The van der Waals surface area contributed by atoms with Gasteiger partial charge in [-0.1, -0.05) is 0 Å². The first kappa shape index (κ1) is 10.8. The molecule has 1 amide bonds. The highest BCUT2D eigenvalue weighted by atomic mass is 16.3. The smallest absolute Gasteiger partial charge is 0.220 e. The molecule has 0 aromatic carbocycles. The van der Waals surface area contributed by atoms with Crippen LogP contribution in [0.3, 0.4) is 0 Å². The summed E-state index contributed by atoms with van der Waals surface area (Å²) in [5, 5.41) is 11.5. The zero-order valence-electron chi connectivity index (χ0n) is 8.19. The third kappa shape index (κ3) is 4.09. The van der Waals surface area contributed by atoms with Crippen LogP contribution < -0.4 is 5.32 Å². The van der Waals surface area contributed by atoms with Crippen molar-refractivity contribution in [3.8, 4) is 0 Å². The number of rotatable bonds is 5. The van der Waals surface area contributed by atoms with Gasteiger partial charge in [-0.05, 0) is 19.1 Å². The summed E-state index contributed by atoms with van der Waals surface area (Å²) < 4.78 is 5.08. The summed E-state index contributed by atoms with van der Waals surface area (Å²) in [6.45, 7) is 1.93. The molecule has 0 radical (unpaired) electrons. The normalized spacial score (nSPS) is 12.4. The fourth-order valence-corrected chi connectivity index (χ4v) is 1.04. The number of aliphatic hydroxyl groups is 1. The highest BCUT2D eigenvalue weighted by Crippen LogP contribution is 2.02. The molecule has 0 aliphatic heterocycles. The van der Waals surface area contributed by atoms with Crippen LogP contribution in [0, 0.1) is 0 Å². The highest BCUT2D eigenvalue weighted by Gasteiger charge is 2.04. The highest BCUT2D eigenvalue weighted by molar-refractivity contribution is 5.76. The first-order chi connectivity index (χ1) is 6.68. The maximum atomic E-state index is 11.2. The van der Waals surface area contributed by atoms with E-state index >= 15 is 0 Å². The van der Waals surface area contributed by atoms with Crippen LogP contribution in [0.15, 0.2) is 22.8 Å². The maximum Gasteiger partial charge on any atom is 0.220 e. The molecule has 0 saturated heterocycles. The summed E-state index contributed by atoms with van der Waals surface area (Å²) in [5.74, 6) is 0.736. The van der Waals surface area contributed by atoms with Gasteiger partial charge in [0, 0.05) is 19.4 Å². The predicted molar refractivity (Wildman–Crippen MR) is 51.7 cm³/mol. The molecule has 0 bridgehead atoms. The van der Waals surface area contributed by atoms with Gasteiger partial charge in [0.05, 0.1) is 12.4 Å².